The lowest BCUT2D eigenvalue weighted by Gasteiger charge is -2.19. The first-order chi connectivity index (χ1) is 17.2. The molecular formula is C27H28N2O5S2. The number of aryl methyl sites for hydroxylation is 2. The molecule has 1 saturated heterocycles. The van der Waals surface area contributed by atoms with Crippen molar-refractivity contribution in [3.05, 3.63) is 95.7 Å². The predicted molar refractivity (Wildman–Crippen MR) is 139 cm³/mol. The minimum atomic E-state index is -3.83. The van der Waals surface area contributed by atoms with Crippen LogP contribution in [0.25, 0.3) is 10.9 Å². The Morgan fingerprint density at radius 2 is 1.47 bits per heavy atom. The second-order valence-electron chi connectivity index (χ2n) is 9.22. The summed E-state index contributed by atoms with van der Waals surface area (Å²) in [5, 5.41) is 0.770. The van der Waals surface area contributed by atoms with Crippen LogP contribution in [0, 0.1) is 19.8 Å². The van der Waals surface area contributed by atoms with Gasteiger partial charge in [0.25, 0.3) is 10.0 Å². The zero-order chi connectivity index (χ0) is 25.5. The first-order valence-electron chi connectivity index (χ1n) is 11.8. The monoisotopic (exact) mass is 524 g/mol. The number of hydrogen-bond donors (Lipinski definition) is 1. The molecule has 1 aromatic heterocycles. The SMILES string of the molecule is Cc1ccc(S(=O)(=O)NC[C@@H]2CCO[C@@H]2c2cn(S(=O)(=O)c3ccc(C)cc3)c3ccccc23)cc1. The van der Waals surface area contributed by atoms with E-state index in [-0.39, 0.29) is 22.3 Å². The molecule has 0 bridgehead atoms. The first kappa shape index (κ1) is 24.7. The smallest absolute Gasteiger partial charge is 0.268 e. The quantitative estimate of drug-likeness (QED) is 0.383. The van der Waals surface area contributed by atoms with Crippen molar-refractivity contribution in [3.8, 4) is 0 Å². The maximum Gasteiger partial charge on any atom is 0.268 e. The Morgan fingerprint density at radius 1 is 0.861 bits per heavy atom. The predicted octanol–water partition coefficient (Wildman–Crippen LogP) is 4.55. The number of aromatic nitrogens is 1. The molecule has 188 valence electrons. The molecule has 0 amide bonds. The van der Waals surface area contributed by atoms with E-state index in [9.17, 15) is 16.8 Å². The zero-order valence-electron chi connectivity index (χ0n) is 20.1. The highest BCUT2D eigenvalue weighted by Crippen LogP contribution is 2.39. The molecule has 0 unspecified atom stereocenters. The fourth-order valence-electron chi connectivity index (χ4n) is 4.63. The molecule has 1 fully saturated rings. The third-order valence-corrected chi connectivity index (χ3v) is 9.80. The number of nitrogens with zero attached hydrogens (tertiary/aromatic N) is 1. The van der Waals surface area contributed by atoms with Crippen LogP contribution in [-0.2, 0) is 24.8 Å². The Bertz CT molecular complexity index is 1610. The van der Waals surface area contributed by atoms with Gasteiger partial charge in [-0.15, -0.1) is 0 Å². The van der Waals surface area contributed by atoms with Crippen LogP contribution in [0.4, 0.5) is 0 Å². The fraction of sp³-hybridized carbons (Fsp3) is 0.259. The van der Waals surface area contributed by atoms with E-state index < -0.39 is 26.2 Å². The van der Waals surface area contributed by atoms with Crippen LogP contribution in [0.15, 0.2) is 88.8 Å². The van der Waals surface area contributed by atoms with Crippen molar-refractivity contribution in [1.82, 2.24) is 8.69 Å². The standard InChI is InChI=1S/C27H28N2O5S2/c1-19-7-11-22(12-8-19)35(30,31)28-17-21-15-16-34-27(21)25-18-29(26-6-4-3-5-24(25)26)36(32,33)23-13-9-20(2)10-14-23/h3-14,18,21,27-28H,15-17H2,1-2H3/t21-,27-/m0/s1. The topological polar surface area (TPSA) is 94.5 Å². The molecule has 0 spiro atoms. The van der Waals surface area contributed by atoms with E-state index in [1.807, 2.05) is 26.0 Å². The van der Waals surface area contributed by atoms with Gasteiger partial charge in [0.15, 0.2) is 0 Å². The van der Waals surface area contributed by atoms with Gasteiger partial charge in [0.2, 0.25) is 10.0 Å². The van der Waals surface area contributed by atoms with E-state index in [1.54, 1.807) is 66.9 Å². The van der Waals surface area contributed by atoms with Crippen molar-refractivity contribution >= 4 is 30.9 Å². The molecule has 1 N–H and O–H groups in total. The Kier molecular flexibility index (Phi) is 6.50. The largest absolute Gasteiger partial charge is 0.373 e. The third-order valence-electron chi connectivity index (χ3n) is 6.67. The van der Waals surface area contributed by atoms with Gasteiger partial charge in [-0.1, -0.05) is 53.6 Å². The average Bonchev–Trinajstić information content (AvgIpc) is 3.48. The summed E-state index contributed by atoms with van der Waals surface area (Å²) in [6.45, 7) is 4.46. The summed E-state index contributed by atoms with van der Waals surface area (Å²) >= 11 is 0. The first-order valence-corrected chi connectivity index (χ1v) is 14.7. The number of para-hydroxylation sites is 1. The summed E-state index contributed by atoms with van der Waals surface area (Å²) in [6, 6.07) is 20.8. The molecule has 2 atom stereocenters. The summed E-state index contributed by atoms with van der Waals surface area (Å²) in [5.74, 6) is -0.147. The van der Waals surface area contributed by atoms with Crippen LogP contribution in [0.3, 0.4) is 0 Å². The highest BCUT2D eigenvalue weighted by molar-refractivity contribution is 7.90. The van der Waals surface area contributed by atoms with E-state index in [4.69, 9.17) is 4.74 Å². The van der Waals surface area contributed by atoms with Gasteiger partial charge < -0.3 is 4.74 Å². The molecule has 36 heavy (non-hydrogen) atoms. The van der Waals surface area contributed by atoms with Crippen molar-refractivity contribution in [2.75, 3.05) is 13.2 Å². The minimum absolute atomic E-state index is 0.147. The van der Waals surface area contributed by atoms with E-state index in [2.05, 4.69) is 4.72 Å². The van der Waals surface area contributed by atoms with Gasteiger partial charge in [0.1, 0.15) is 0 Å². The number of fused-ring (bicyclic) bond motifs is 1. The van der Waals surface area contributed by atoms with E-state index in [1.165, 1.54) is 3.97 Å². The van der Waals surface area contributed by atoms with Crippen LogP contribution in [0.2, 0.25) is 0 Å². The molecule has 5 rings (SSSR count). The summed E-state index contributed by atoms with van der Waals surface area (Å²) in [6.07, 6.45) is 1.84. The molecule has 9 heteroatoms. The van der Waals surface area contributed by atoms with E-state index in [0.717, 1.165) is 22.1 Å². The maximum absolute atomic E-state index is 13.5. The average molecular weight is 525 g/mol. The summed E-state index contributed by atoms with van der Waals surface area (Å²) in [4.78, 5) is 0.416. The van der Waals surface area contributed by atoms with Gasteiger partial charge in [-0.05, 0) is 50.6 Å². The number of benzene rings is 3. The summed E-state index contributed by atoms with van der Waals surface area (Å²) in [5.41, 5.74) is 3.25. The van der Waals surface area contributed by atoms with Gasteiger partial charge in [-0.25, -0.2) is 25.5 Å². The number of nitrogens with one attached hydrogen (secondary N) is 1. The Morgan fingerprint density at radius 3 is 2.14 bits per heavy atom. The maximum atomic E-state index is 13.5. The molecule has 3 aromatic carbocycles. The highest BCUT2D eigenvalue weighted by Gasteiger charge is 2.34. The van der Waals surface area contributed by atoms with Crippen LogP contribution in [-0.4, -0.2) is 34.0 Å². The molecule has 4 aromatic rings. The van der Waals surface area contributed by atoms with Crippen molar-refractivity contribution in [1.29, 1.82) is 0 Å². The van der Waals surface area contributed by atoms with Crippen LogP contribution >= 0.6 is 0 Å². The zero-order valence-corrected chi connectivity index (χ0v) is 21.7. The lowest BCUT2D eigenvalue weighted by molar-refractivity contribution is 0.0928. The number of rotatable bonds is 7. The van der Waals surface area contributed by atoms with Gasteiger partial charge in [0, 0.05) is 36.2 Å². The molecular weight excluding hydrogens is 496 g/mol. The lowest BCUT2D eigenvalue weighted by atomic mass is 9.95. The highest BCUT2D eigenvalue weighted by atomic mass is 32.2. The second kappa shape index (κ2) is 9.48. The van der Waals surface area contributed by atoms with E-state index in [0.29, 0.717) is 18.5 Å². The van der Waals surface area contributed by atoms with E-state index >= 15 is 0 Å². The fourth-order valence-corrected chi connectivity index (χ4v) is 7.10. The third kappa shape index (κ3) is 4.59. The molecule has 7 nitrogen and oxygen atoms in total. The Labute approximate surface area is 211 Å². The lowest BCUT2D eigenvalue weighted by Crippen LogP contribution is -2.30. The van der Waals surface area contributed by atoms with Crippen molar-refractivity contribution in [2.24, 2.45) is 5.92 Å². The Hall–Kier alpha value is -2.98. The van der Waals surface area contributed by atoms with Crippen LogP contribution in [0.5, 0.6) is 0 Å². The van der Waals surface area contributed by atoms with Gasteiger partial charge in [0.05, 0.1) is 21.4 Å². The van der Waals surface area contributed by atoms with Gasteiger partial charge in [-0.3, -0.25) is 0 Å². The van der Waals surface area contributed by atoms with Crippen molar-refractivity contribution < 1.29 is 21.6 Å². The molecule has 0 radical (unpaired) electrons. The van der Waals surface area contributed by atoms with Crippen molar-refractivity contribution in [2.45, 2.75) is 36.2 Å². The summed E-state index contributed by atoms with van der Waals surface area (Å²) in [7, 11) is -7.51. The Balaban J connectivity index is 1.47. The van der Waals surface area contributed by atoms with Crippen LogP contribution in [0.1, 0.15) is 29.2 Å². The molecule has 1 aliphatic heterocycles. The van der Waals surface area contributed by atoms with Gasteiger partial charge >= 0.3 is 0 Å². The number of sulfonamides is 1. The van der Waals surface area contributed by atoms with Crippen molar-refractivity contribution in [3.63, 3.8) is 0 Å². The number of hydrogen-bond acceptors (Lipinski definition) is 5. The van der Waals surface area contributed by atoms with Crippen LogP contribution < -0.4 is 4.72 Å². The second-order valence-corrected chi connectivity index (χ2v) is 12.8. The van der Waals surface area contributed by atoms with Gasteiger partial charge in [-0.2, -0.15) is 0 Å². The number of ether oxygens (including phenoxy) is 1. The summed E-state index contributed by atoms with van der Waals surface area (Å²) < 4.78 is 62.8. The molecule has 0 saturated carbocycles. The molecule has 2 heterocycles. The molecule has 0 aliphatic carbocycles. The molecule has 1 aliphatic rings. The minimum Gasteiger partial charge on any atom is -0.373 e. The normalized spacial score (nSPS) is 18.6.